The summed E-state index contributed by atoms with van der Waals surface area (Å²) < 4.78 is 12.2. The Morgan fingerprint density at radius 3 is 2.72 bits per heavy atom. The first-order chi connectivity index (χ1) is 18.7. The van der Waals surface area contributed by atoms with Crippen LogP contribution in [0.15, 0.2) is 60.2 Å². The second kappa shape index (κ2) is 9.86. The maximum absolute atomic E-state index is 13.6. The quantitative estimate of drug-likeness (QED) is 0.156. The Morgan fingerprint density at radius 2 is 1.95 bits per heavy atom. The van der Waals surface area contributed by atoms with E-state index in [1.807, 2.05) is 19.9 Å². The third-order valence-corrected chi connectivity index (χ3v) is 8.50. The number of Topliss-reactive ketones (excluding diaryl/α,β-unsaturated/α-hetero) is 1. The molecule has 0 spiro atoms. The first-order valence-electron chi connectivity index (χ1n) is 12.3. The van der Waals surface area contributed by atoms with Crippen LogP contribution in [0.5, 0.6) is 11.5 Å². The summed E-state index contributed by atoms with van der Waals surface area (Å²) in [5.41, 5.74) is 2.45. The number of anilines is 1. The Morgan fingerprint density at radius 1 is 1.13 bits per heavy atom. The first kappa shape index (κ1) is 25.7. The number of aromatic nitrogens is 1. The topological polar surface area (TPSA) is 89.0 Å². The van der Waals surface area contributed by atoms with E-state index < -0.39 is 17.7 Å². The molecule has 7 nitrogen and oxygen atoms in total. The molecule has 1 saturated heterocycles. The normalized spacial score (nSPS) is 19.9. The third-order valence-electron chi connectivity index (χ3n) is 6.74. The van der Waals surface area contributed by atoms with Crippen molar-refractivity contribution in [1.82, 2.24) is 4.98 Å². The van der Waals surface area contributed by atoms with Crippen molar-refractivity contribution in [2.45, 2.75) is 32.4 Å². The Labute approximate surface area is 238 Å². The van der Waals surface area contributed by atoms with Crippen molar-refractivity contribution in [3.8, 4) is 11.5 Å². The molecule has 0 radical (unpaired) electrons. The van der Waals surface area contributed by atoms with Gasteiger partial charge in [-0.25, -0.2) is 4.98 Å². The van der Waals surface area contributed by atoms with Crippen LogP contribution >= 0.6 is 34.5 Å². The van der Waals surface area contributed by atoms with Gasteiger partial charge in [-0.1, -0.05) is 40.6 Å². The van der Waals surface area contributed by atoms with Gasteiger partial charge in [-0.3, -0.25) is 14.5 Å². The number of ether oxygens (including phenoxy) is 2. The minimum atomic E-state index is -0.977. The Balaban J connectivity index is 1.52. The van der Waals surface area contributed by atoms with Gasteiger partial charge in [0.2, 0.25) is 0 Å². The Bertz CT molecular complexity index is 1700. The highest BCUT2D eigenvalue weighted by Crippen LogP contribution is 2.46. The van der Waals surface area contributed by atoms with Gasteiger partial charge < -0.3 is 14.6 Å². The van der Waals surface area contributed by atoms with Crippen molar-refractivity contribution in [2.24, 2.45) is 0 Å². The van der Waals surface area contributed by atoms with Crippen molar-refractivity contribution in [2.75, 3.05) is 11.5 Å². The van der Waals surface area contributed by atoms with E-state index in [1.165, 1.54) is 16.2 Å². The molecule has 1 fully saturated rings. The summed E-state index contributed by atoms with van der Waals surface area (Å²) in [5.74, 6) is -0.480. The van der Waals surface area contributed by atoms with Gasteiger partial charge in [-0.05, 0) is 73.5 Å². The van der Waals surface area contributed by atoms with E-state index in [0.29, 0.717) is 45.6 Å². The molecule has 1 amide bonds. The van der Waals surface area contributed by atoms with Crippen LogP contribution in [0, 0.1) is 0 Å². The SMILES string of the molecule is CCOc1ccc2nc(N3C(=O)C(=O)/C(=C(/O)c4ccc5c(c4)C[C@H](C)O5)[C@H]3c3ccc(Cl)c(Cl)c3)sc2c1. The molecule has 2 aliphatic heterocycles. The zero-order valence-electron chi connectivity index (χ0n) is 20.9. The van der Waals surface area contributed by atoms with E-state index in [4.69, 9.17) is 32.7 Å². The molecule has 10 heteroatoms. The second-order valence-electron chi connectivity index (χ2n) is 9.36. The van der Waals surface area contributed by atoms with Gasteiger partial charge in [0.1, 0.15) is 23.4 Å². The number of amides is 1. The molecule has 39 heavy (non-hydrogen) atoms. The molecule has 0 bridgehead atoms. The zero-order valence-corrected chi connectivity index (χ0v) is 23.2. The molecule has 4 aromatic rings. The minimum absolute atomic E-state index is 0.0152. The molecule has 2 atom stereocenters. The molecule has 198 valence electrons. The van der Waals surface area contributed by atoms with Crippen molar-refractivity contribution in [3.63, 3.8) is 0 Å². The van der Waals surface area contributed by atoms with Crippen molar-refractivity contribution in [3.05, 3.63) is 86.9 Å². The first-order valence-corrected chi connectivity index (χ1v) is 13.9. The van der Waals surface area contributed by atoms with Crippen LogP contribution in [0.1, 0.15) is 36.6 Å². The molecule has 2 aliphatic rings. The van der Waals surface area contributed by atoms with E-state index in [1.54, 1.807) is 48.5 Å². The number of aliphatic hydroxyl groups excluding tert-OH is 1. The van der Waals surface area contributed by atoms with Gasteiger partial charge >= 0.3 is 5.91 Å². The van der Waals surface area contributed by atoms with Crippen LogP contribution in [0.2, 0.25) is 10.0 Å². The number of carbonyl (C=O) groups excluding carboxylic acids is 2. The monoisotopic (exact) mass is 580 g/mol. The maximum Gasteiger partial charge on any atom is 0.301 e. The molecule has 3 aromatic carbocycles. The average Bonchev–Trinajstić information content (AvgIpc) is 3.57. The van der Waals surface area contributed by atoms with Crippen LogP contribution in [0.4, 0.5) is 5.13 Å². The molecular formula is C29H22Cl2N2O5S. The summed E-state index contributed by atoms with van der Waals surface area (Å²) >= 11 is 13.8. The molecule has 0 aliphatic carbocycles. The van der Waals surface area contributed by atoms with E-state index in [-0.39, 0.29) is 22.5 Å². The second-order valence-corrected chi connectivity index (χ2v) is 11.2. The van der Waals surface area contributed by atoms with Crippen LogP contribution in [0.25, 0.3) is 16.0 Å². The average molecular weight is 581 g/mol. The summed E-state index contributed by atoms with van der Waals surface area (Å²) in [6.45, 7) is 4.37. The van der Waals surface area contributed by atoms with Crippen LogP contribution < -0.4 is 14.4 Å². The number of benzene rings is 3. The fourth-order valence-electron chi connectivity index (χ4n) is 5.00. The zero-order chi connectivity index (χ0) is 27.4. The van der Waals surface area contributed by atoms with Gasteiger partial charge in [0, 0.05) is 12.0 Å². The number of thiazole rings is 1. The summed E-state index contributed by atoms with van der Waals surface area (Å²) in [7, 11) is 0. The lowest BCUT2D eigenvalue weighted by molar-refractivity contribution is -0.132. The van der Waals surface area contributed by atoms with E-state index >= 15 is 0 Å². The number of nitrogens with zero attached hydrogens (tertiary/aromatic N) is 2. The van der Waals surface area contributed by atoms with Gasteiger partial charge in [0.05, 0.1) is 38.5 Å². The van der Waals surface area contributed by atoms with E-state index in [9.17, 15) is 14.7 Å². The summed E-state index contributed by atoms with van der Waals surface area (Å²) in [6.07, 6.45) is 0.692. The number of rotatable bonds is 5. The van der Waals surface area contributed by atoms with E-state index in [2.05, 4.69) is 4.98 Å². The smallest absolute Gasteiger partial charge is 0.301 e. The highest BCUT2D eigenvalue weighted by molar-refractivity contribution is 7.22. The number of hydrogen-bond donors (Lipinski definition) is 1. The van der Waals surface area contributed by atoms with Gasteiger partial charge in [0.25, 0.3) is 5.78 Å². The lowest BCUT2D eigenvalue weighted by atomic mass is 9.94. The van der Waals surface area contributed by atoms with Gasteiger partial charge in [-0.15, -0.1) is 0 Å². The highest BCUT2D eigenvalue weighted by Gasteiger charge is 2.48. The summed E-state index contributed by atoms with van der Waals surface area (Å²) in [4.78, 5) is 33.1. The van der Waals surface area contributed by atoms with Crippen molar-refractivity contribution >= 4 is 67.3 Å². The van der Waals surface area contributed by atoms with Crippen molar-refractivity contribution < 1.29 is 24.2 Å². The highest BCUT2D eigenvalue weighted by atomic mass is 35.5. The van der Waals surface area contributed by atoms with Crippen LogP contribution in [-0.2, 0) is 16.0 Å². The number of halogens is 2. The number of aliphatic hydroxyl groups is 1. The number of carbonyl (C=O) groups is 2. The number of ketones is 1. The van der Waals surface area contributed by atoms with Gasteiger partial charge in [-0.2, -0.15) is 0 Å². The van der Waals surface area contributed by atoms with Crippen LogP contribution in [-0.4, -0.2) is 34.5 Å². The third kappa shape index (κ3) is 4.42. The van der Waals surface area contributed by atoms with Gasteiger partial charge in [0.15, 0.2) is 5.13 Å². The molecule has 1 aromatic heterocycles. The maximum atomic E-state index is 13.6. The standard InChI is InChI=1S/C29H22Cl2N2O5S/c1-3-37-18-6-8-21-23(13-18)39-29(32-21)33-25(15-4-7-19(30)20(31)12-15)24(27(35)28(33)36)26(34)16-5-9-22-17(11-16)10-14(2)38-22/h4-9,11-14,25,34H,3,10H2,1-2H3/b26-24+/t14-,25+/m0/s1. The lowest BCUT2D eigenvalue weighted by Gasteiger charge is -2.23. The molecule has 0 saturated carbocycles. The predicted octanol–water partition coefficient (Wildman–Crippen LogP) is 6.95. The molecule has 6 rings (SSSR count). The molecule has 0 unspecified atom stereocenters. The van der Waals surface area contributed by atoms with E-state index in [0.717, 1.165) is 16.0 Å². The molecule has 1 N–H and O–H groups in total. The Kier molecular flexibility index (Phi) is 6.49. The fraction of sp³-hybridized carbons (Fsp3) is 0.207. The number of hydrogen-bond acceptors (Lipinski definition) is 7. The van der Waals surface area contributed by atoms with Crippen LogP contribution in [0.3, 0.4) is 0 Å². The largest absolute Gasteiger partial charge is 0.507 e. The summed E-state index contributed by atoms with van der Waals surface area (Å²) in [6, 6.07) is 14.6. The molecule has 3 heterocycles. The number of fused-ring (bicyclic) bond motifs is 2. The Hall–Kier alpha value is -3.59. The minimum Gasteiger partial charge on any atom is -0.507 e. The summed E-state index contributed by atoms with van der Waals surface area (Å²) in [5, 5.41) is 12.4. The predicted molar refractivity (Wildman–Crippen MR) is 152 cm³/mol. The fourth-order valence-corrected chi connectivity index (χ4v) is 6.33. The van der Waals surface area contributed by atoms with Crippen molar-refractivity contribution in [1.29, 1.82) is 0 Å². The molecular weight excluding hydrogens is 559 g/mol. The lowest BCUT2D eigenvalue weighted by Crippen LogP contribution is -2.29.